The number of ether oxygens (including phenoxy) is 1. The third-order valence-electron chi connectivity index (χ3n) is 3.43. The molecule has 4 nitrogen and oxygen atoms in total. The highest BCUT2D eigenvalue weighted by Crippen LogP contribution is 2.20. The van der Waals surface area contributed by atoms with E-state index >= 15 is 0 Å². The molecule has 2 rings (SSSR count). The molecular weight excluding hydrogens is 242 g/mol. The summed E-state index contributed by atoms with van der Waals surface area (Å²) in [6.45, 7) is 3.18. The van der Waals surface area contributed by atoms with Crippen molar-refractivity contribution in [3.63, 3.8) is 0 Å². The number of benzene rings is 1. The summed E-state index contributed by atoms with van der Waals surface area (Å²) < 4.78 is 4.83. The molecule has 0 aliphatic carbocycles. The van der Waals surface area contributed by atoms with Crippen molar-refractivity contribution in [1.82, 2.24) is 4.90 Å². The highest BCUT2D eigenvalue weighted by molar-refractivity contribution is 5.82. The minimum Gasteiger partial charge on any atom is -0.377 e. The fraction of sp³-hybridized carbons (Fsp3) is 0.467. The Kier molecular flexibility index (Phi) is 4.32. The zero-order valence-corrected chi connectivity index (χ0v) is 11.4. The van der Waals surface area contributed by atoms with Gasteiger partial charge in [-0.25, -0.2) is 0 Å². The van der Waals surface area contributed by atoms with Crippen LogP contribution in [0.5, 0.6) is 0 Å². The molecular formula is C15H19NO3. The molecule has 0 fully saturated rings. The van der Waals surface area contributed by atoms with Gasteiger partial charge in [0.15, 0.2) is 5.78 Å². The normalized spacial score (nSPS) is 14.1. The summed E-state index contributed by atoms with van der Waals surface area (Å²) in [5.74, 6) is 0.174. The van der Waals surface area contributed by atoms with Gasteiger partial charge in [-0.15, -0.1) is 0 Å². The topological polar surface area (TPSA) is 46.6 Å². The van der Waals surface area contributed by atoms with Crippen molar-refractivity contribution >= 4 is 11.7 Å². The standard InChI is InChI=1S/C15H19NO3/c1-11(17)16-6-5-13-4-3-12(7-14(13)9-16)8-15(18)10-19-2/h3-4,7H,5-6,8-10H2,1-2H3. The molecule has 0 saturated carbocycles. The number of nitrogens with zero attached hydrogens (tertiary/aromatic N) is 1. The molecule has 0 radical (unpaired) electrons. The van der Waals surface area contributed by atoms with Crippen molar-refractivity contribution in [3.05, 3.63) is 34.9 Å². The van der Waals surface area contributed by atoms with E-state index in [1.54, 1.807) is 6.92 Å². The Labute approximate surface area is 113 Å². The van der Waals surface area contributed by atoms with Crippen LogP contribution in [-0.2, 0) is 33.7 Å². The summed E-state index contributed by atoms with van der Waals surface area (Å²) in [6.07, 6.45) is 1.28. The quantitative estimate of drug-likeness (QED) is 0.822. The summed E-state index contributed by atoms with van der Waals surface area (Å²) >= 11 is 0. The van der Waals surface area contributed by atoms with Crippen LogP contribution >= 0.6 is 0 Å². The van der Waals surface area contributed by atoms with Gasteiger partial charge in [-0.05, 0) is 23.1 Å². The number of carbonyl (C=O) groups excluding carboxylic acids is 2. The van der Waals surface area contributed by atoms with Gasteiger partial charge < -0.3 is 9.64 Å². The molecule has 0 bridgehead atoms. The Balaban J connectivity index is 2.12. The number of methoxy groups -OCH3 is 1. The average Bonchev–Trinajstić information content (AvgIpc) is 2.38. The second-order valence-corrected chi connectivity index (χ2v) is 4.94. The van der Waals surface area contributed by atoms with E-state index in [-0.39, 0.29) is 18.3 Å². The molecule has 1 aliphatic heterocycles. The molecule has 0 unspecified atom stereocenters. The fourth-order valence-electron chi connectivity index (χ4n) is 2.43. The van der Waals surface area contributed by atoms with Crippen LogP contribution in [0.2, 0.25) is 0 Å². The van der Waals surface area contributed by atoms with E-state index in [1.807, 2.05) is 17.0 Å². The van der Waals surface area contributed by atoms with Crippen LogP contribution < -0.4 is 0 Å². The summed E-state index contributed by atoms with van der Waals surface area (Å²) in [4.78, 5) is 24.8. The second-order valence-electron chi connectivity index (χ2n) is 4.94. The Morgan fingerprint density at radius 1 is 1.32 bits per heavy atom. The summed E-state index contributed by atoms with van der Waals surface area (Å²) in [7, 11) is 1.52. The molecule has 0 atom stereocenters. The molecule has 0 spiro atoms. The first-order valence-corrected chi connectivity index (χ1v) is 6.47. The van der Waals surface area contributed by atoms with Gasteiger partial charge in [-0.3, -0.25) is 9.59 Å². The first kappa shape index (κ1) is 13.7. The highest BCUT2D eigenvalue weighted by Gasteiger charge is 2.18. The molecule has 19 heavy (non-hydrogen) atoms. The van der Waals surface area contributed by atoms with Gasteiger partial charge in [0.05, 0.1) is 0 Å². The number of ketones is 1. The van der Waals surface area contributed by atoms with Crippen LogP contribution in [0.4, 0.5) is 0 Å². The minimum absolute atomic E-state index is 0.0710. The Hall–Kier alpha value is -1.68. The minimum atomic E-state index is 0.0710. The van der Waals surface area contributed by atoms with Crippen molar-refractivity contribution in [2.45, 2.75) is 26.3 Å². The lowest BCUT2D eigenvalue weighted by molar-refractivity contribution is -0.129. The molecule has 0 saturated heterocycles. The van der Waals surface area contributed by atoms with E-state index < -0.39 is 0 Å². The Morgan fingerprint density at radius 3 is 2.79 bits per heavy atom. The molecule has 1 aromatic carbocycles. The predicted molar refractivity (Wildman–Crippen MR) is 71.8 cm³/mol. The Morgan fingerprint density at radius 2 is 2.11 bits per heavy atom. The van der Waals surface area contributed by atoms with E-state index in [2.05, 4.69) is 6.07 Å². The monoisotopic (exact) mass is 261 g/mol. The van der Waals surface area contributed by atoms with E-state index in [4.69, 9.17) is 4.74 Å². The van der Waals surface area contributed by atoms with Gasteiger partial charge in [-0.2, -0.15) is 0 Å². The first-order chi connectivity index (χ1) is 9.10. The SMILES string of the molecule is COCC(=O)Cc1ccc2c(c1)CN(C(C)=O)CC2. The third-order valence-corrected chi connectivity index (χ3v) is 3.43. The van der Waals surface area contributed by atoms with Crippen molar-refractivity contribution in [2.75, 3.05) is 20.3 Å². The molecule has 0 aromatic heterocycles. The number of hydrogen-bond acceptors (Lipinski definition) is 3. The van der Waals surface area contributed by atoms with Crippen molar-refractivity contribution in [2.24, 2.45) is 0 Å². The lowest BCUT2D eigenvalue weighted by atomic mass is 9.96. The zero-order chi connectivity index (χ0) is 13.8. The van der Waals surface area contributed by atoms with Crippen LogP contribution in [0, 0.1) is 0 Å². The van der Waals surface area contributed by atoms with Crippen LogP contribution in [0.1, 0.15) is 23.6 Å². The highest BCUT2D eigenvalue weighted by atomic mass is 16.5. The van der Waals surface area contributed by atoms with Gasteiger partial charge in [0.1, 0.15) is 6.61 Å². The first-order valence-electron chi connectivity index (χ1n) is 6.47. The maximum Gasteiger partial charge on any atom is 0.219 e. The molecule has 102 valence electrons. The number of rotatable bonds is 4. The molecule has 4 heteroatoms. The van der Waals surface area contributed by atoms with E-state index in [0.717, 1.165) is 24.1 Å². The van der Waals surface area contributed by atoms with Gasteiger partial charge in [0, 0.05) is 33.5 Å². The van der Waals surface area contributed by atoms with E-state index in [0.29, 0.717) is 13.0 Å². The Bertz CT molecular complexity index is 496. The maximum atomic E-state index is 11.6. The summed E-state index contributed by atoms with van der Waals surface area (Å²) in [6, 6.07) is 6.11. The van der Waals surface area contributed by atoms with Crippen molar-refractivity contribution < 1.29 is 14.3 Å². The number of hydrogen-bond donors (Lipinski definition) is 0. The van der Waals surface area contributed by atoms with Gasteiger partial charge in [0.25, 0.3) is 0 Å². The third kappa shape index (κ3) is 3.41. The predicted octanol–water partition coefficient (Wildman–Crippen LogP) is 1.35. The molecule has 1 aliphatic rings. The van der Waals surface area contributed by atoms with Gasteiger partial charge in [0.2, 0.25) is 5.91 Å². The van der Waals surface area contributed by atoms with Crippen molar-refractivity contribution in [1.29, 1.82) is 0 Å². The molecule has 1 amide bonds. The summed E-state index contributed by atoms with van der Waals surface area (Å²) in [5.41, 5.74) is 3.43. The largest absolute Gasteiger partial charge is 0.377 e. The summed E-state index contributed by atoms with van der Waals surface area (Å²) in [5, 5.41) is 0. The van der Waals surface area contributed by atoms with Crippen LogP contribution in [0.15, 0.2) is 18.2 Å². The van der Waals surface area contributed by atoms with Crippen LogP contribution in [0.3, 0.4) is 0 Å². The van der Waals surface area contributed by atoms with E-state index in [1.165, 1.54) is 12.7 Å². The fourth-order valence-corrected chi connectivity index (χ4v) is 2.43. The number of carbonyl (C=O) groups is 2. The number of amides is 1. The second kappa shape index (κ2) is 5.97. The van der Waals surface area contributed by atoms with Gasteiger partial charge in [-0.1, -0.05) is 18.2 Å². The molecule has 1 aromatic rings. The van der Waals surface area contributed by atoms with Crippen molar-refractivity contribution in [3.8, 4) is 0 Å². The van der Waals surface area contributed by atoms with E-state index in [9.17, 15) is 9.59 Å². The van der Waals surface area contributed by atoms with Crippen LogP contribution in [-0.4, -0.2) is 36.9 Å². The lowest BCUT2D eigenvalue weighted by Gasteiger charge is -2.28. The number of fused-ring (bicyclic) bond motifs is 1. The molecule has 0 N–H and O–H groups in total. The lowest BCUT2D eigenvalue weighted by Crippen LogP contribution is -2.34. The molecule has 1 heterocycles. The van der Waals surface area contributed by atoms with Crippen LogP contribution in [0.25, 0.3) is 0 Å². The maximum absolute atomic E-state index is 11.6. The average molecular weight is 261 g/mol. The van der Waals surface area contributed by atoms with Gasteiger partial charge >= 0.3 is 0 Å². The number of Topliss-reactive ketones (excluding diaryl/α,β-unsaturated/α-hetero) is 1. The zero-order valence-electron chi connectivity index (χ0n) is 11.4. The smallest absolute Gasteiger partial charge is 0.219 e.